The summed E-state index contributed by atoms with van der Waals surface area (Å²) < 4.78 is 23.6. The summed E-state index contributed by atoms with van der Waals surface area (Å²) in [7, 11) is -3.57. The van der Waals surface area contributed by atoms with Crippen LogP contribution in [0.5, 0.6) is 0 Å². The number of nitrogens with two attached hydrogens (primary N) is 1. The highest BCUT2D eigenvalue weighted by molar-refractivity contribution is 8.00. The summed E-state index contributed by atoms with van der Waals surface area (Å²) in [6.45, 7) is 2.27. The second-order valence-electron chi connectivity index (χ2n) is 3.13. The van der Waals surface area contributed by atoms with Crippen molar-refractivity contribution in [2.75, 3.05) is 6.54 Å². The monoisotopic (exact) mass is 246 g/mol. The fourth-order valence-electron chi connectivity index (χ4n) is 1.01. The van der Waals surface area contributed by atoms with Gasteiger partial charge in [0.05, 0.1) is 0 Å². The fraction of sp³-hybridized carbons (Fsp3) is 0.333. The Kier molecular flexibility index (Phi) is 4.59. The molecule has 1 atom stereocenters. The van der Waals surface area contributed by atoms with Crippen LogP contribution >= 0.6 is 11.8 Å². The van der Waals surface area contributed by atoms with E-state index in [-0.39, 0.29) is 5.25 Å². The van der Waals surface area contributed by atoms with Crippen molar-refractivity contribution in [2.24, 2.45) is 5.14 Å². The first-order chi connectivity index (χ1) is 6.97. The second kappa shape index (κ2) is 5.50. The van der Waals surface area contributed by atoms with Gasteiger partial charge in [0.15, 0.2) is 0 Å². The zero-order valence-electron chi connectivity index (χ0n) is 8.38. The van der Waals surface area contributed by atoms with Gasteiger partial charge < -0.3 is 0 Å². The molecular formula is C9H14N2O2S2. The normalized spacial score (nSPS) is 13.7. The molecule has 0 aliphatic rings. The zero-order valence-corrected chi connectivity index (χ0v) is 10.0. The van der Waals surface area contributed by atoms with Crippen LogP contribution in [-0.4, -0.2) is 20.2 Å². The molecule has 15 heavy (non-hydrogen) atoms. The summed E-state index contributed by atoms with van der Waals surface area (Å²) in [5.74, 6) is 0. The Bertz CT molecular complexity index is 392. The third kappa shape index (κ3) is 5.78. The molecule has 0 amide bonds. The summed E-state index contributed by atoms with van der Waals surface area (Å²) in [6, 6.07) is 9.80. The van der Waals surface area contributed by atoms with Crippen LogP contribution in [0.2, 0.25) is 0 Å². The Morgan fingerprint density at radius 3 is 2.53 bits per heavy atom. The number of rotatable bonds is 5. The maximum absolute atomic E-state index is 10.6. The lowest BCUT2D eigenvalue weighted by molar-refractivity contribution is 0.583. The molecule has 0 heterocycles. The summed E-state index contributed by atoms with van der Waals surface area (Å²) in [5.41, 5.74) is 0. The summed E-state index contributed by atoms with van der Waals surface area (Å²) in [4.78, 5) is 1.11. The van der Waals surface area contributed by atoms with Gasteiger partial charge >= 0.3 is 0 Å². The molecule has 0 aromatic heterocycles. The summed E-state index contributed by atoms with van der Waals surface area (Å²) in [5, 5.41) is 4.97. The van der Waals surface area contributed by atoms with Crippen LogP contribution < -0.4 is 9.86 Å². The Labute approximate surface area is 94.4 Å². The Morgan fingerprint density at radius 2 is 2.00 bits per heavy atom. The molecule has 0 saturated heterocycles. The van der Waals surface area contributed by atoms with Gasteiger partial charge in [-0.1, -0.05) is 25.1 Å². The highest BCUT2D eigenvalue weighted by atomic mass is 32.2. The fourth-order valence-corrected chi connectivity index (χ4v) is 2.54. The number of nitrogens with one attached hydrogen (secondary N) is 1. The van der Waals surface area contributed by atoms with E-state index >= 15 is 0 Å². The molecule has 4 nitrogen and oxygen atoms in total. The van der Waals surface area contributed by atoms with Gasteiger partial charge in [-0.05, 0) is 12.1 Å². The van der Waals surface area contributed by atoms with Crippen LogP contribution in [0.4, 0.5) is 0 Å². The van der Waals surface area contributed by atoms with Crippen LogP contribution in [0, 0.1) is 0 Å². The van der Waals surface area contributed by atoms with Crippen molar-refractivity contribution < 1.29 is 8.42 Å². The van der Waals surface area contributed by atoms with E-state index in [0.717, 1.165) is 4.90 Å². The molecule has 0 bridgehead atoms. The van der Waals surface area contributed by atoms with Crippen LogP contribution in [0.15, 0.2) is 35.2 Å². The van der Waals surface area contributed by atoms with Crippen molar-refractivity contribution in [3.8, 4) is 0 Å². The minimum Gasteiger partial charge on any atom is -0.216 e. The predicted octanol–water partition coefficient (Wildman–Crippen LogP) is 0.960. The molecule has 0 radical (unpaired) electrons. The number of benzene rings is 1. The molecule has 1 rings (SSSR count). The lowest BCUT2D eigenvalue weighted by Gasteiger charge is -2.10. The van der Waals surface area contributed by atoms with Gasteiger partial charge in [-0.2, -0.15) is 8.42 Å². The van der Waals surface area contributed by atoms with Gasteiger partial charge in [0.2, 0.25) is 0 Å². The quantitative estimate of drug-likeness (QED) is 0.760. The number of hydrogen-bond donors (Lipinski definition) is 2. The molecule has 0 spiro atoms. The summed E-state index contributed by atoms with van der Waals surface area (Å²) in [6.07, 6.45) is 0. The second-order valence-corrected chi connectivity index (χ2v) is 6.03. The SMILES string of the molecule is C[C@@H](CNS(N)(=O)=O)Sc1ccccc1. The molecular weight excluding hydrogens is 232 g/mol. The van der Waals surface area contributed by atoms with E-state index in [4.69, 9.17) is 5.14 Å². The van der Waals surface area contributed by atoms with Gasteiger partial charge in [-0.25, -0.2) is 9.86 Å². The van der Waals surface area contributed by atoms with E-state index in [1.54, 1.807) is 11.8 Å². The van der Waals surface area contributed by atoms with Crippen LogP contribution in [0.3, 0.4) is 0 Å². The van der Waals surface area contributed by atoms with E-state index in [1.165, 1.54) is 0 Å². The molecule has 0 fully saturated rings. The smallest absolute Gasteiger partial charge is 0.216 e. The Balaban J connectivity index is 2.40. The van der Waals surface area contributed by atoms with Crippen LogP contribution in [0.25, 0.3) is 0 Å². The third-order valence-corrected chi connectivity index (χ3v) is 3.33. The maximum Gasteiger partial charge on any atom is 0.274 e. The lowest BCUT2D eigenvalue weighted by Crippen LogP contribution is -2.34. The average molecular weight is 246 g/mol. The Morgan fingerprint density at radius 1 is 1.40 bits per heavy atom. The van der Waals surface area contributed by atoms with Gasteiger partial charge in [0, 0.05) is 16.7 Å². The minimum absolute atomic E-state index is 0.144. The topological polar surface area (TPSA) is 72.2 Å². The Hall–Kier alpha value is -0.560. The third-order valence-electron chi connectivity index (χ3n) is 1.65. The van der Waals surface area contributed by atoms with E-state index < -0.39 is 10.2 Å². The predicted molar refractivity (Wildman–Crippen MR) is 62.9 cm³/mol. The standard InChI is InChI=1S/C9H14N2O2S2/c1-8(7-11-15(10,12)13)14-9-5-3-2-4-6-9/h2-6,8,11H,7H2,1H3,(H2,10,12,13)/t8-/m0/s1. The highest BCUT2D eigenvalue weighted by Gasteiger charge is 2.07. The molecule has 0 unspecified atom stereocenters. The average Bonchev–Trinajstić information content (AvgIpc) is 2.15. The van der Waals surface area contributed by atoms with E-state index in [9.17, 15) is 8.42 Å². The van der Waals surface area contributed by atoms with Gasteiger partial charge in [0.1, 0.15) is 0 Å². The van der Waals surface area contributed by atoms with E-state index in [2.05, 4.69) is 4.72 Å². The van der Waals surface area contributed by atoms with Gasteiger partial charge in [0.25, 0.3) is 10.2 Å². The first-order valence-corrected chi connectivity index (χ1v) is 6.89. The van der Waals surface area contributed by atoms with Crippen molar-refractivity contribution in [1.29, 1.82) is 0 Å². The van der Waals surface area contributed by atoms with E-state index in [1.807, 2.05) is 37.3 Å². The molecule has 0 saturated carbocycles. The van der Waals surface area contributed by atoms with Crippen molar-refractivity contribution in [3.63, 3.8) is 0 Å². The molecule has 1 aromatic carbocycles. The van der Waals surface area contributed by atoms with Crippen molar-refractivity contribution in [3.05, 3.63) is 30.3 Å². The number of hydrogen-bond acceptors (Lipinski definition) is 3. The van der Waals surface area contributed by atoms with Gasteiger partial charge in [-0.15, -0.1) is 11.8 Å². The largest absolute Gasteiger partial charge is 0.274 e. The summed E-state index contributed by atoms with van der Waals surface area (Å²) >= 11 is 1.60. The molecule has 84 valence electrons. The van der Waals surface area contributed by atoms with Crippen LogP contribution in [0.1, 0.15) is 6.92 Å². The molecule has 0 aliphatic carbocycles. The van der Waals surface area contributed by atoms with Gasteiger partial charge in [-0.3, -0.25) is 0 Å². The molecule has 6 heteroatoms. The zero-order chi connectivity index (χ0) is 11.3. The molecule has 3 N–H and O–H groups in total. The van der Waals surface area contributed by atoms with E-state index in [0.29, 0.717) is 6.54 Å². The molecule has 0 aliphatic heterocycles. The van der Waals surface area contributed by atoms with Crippen LogP contribution in [-0.2, 0) is 10.2 Å². The highest BCUT2D eigenvalue weighted by Crippen LogP contribution is 2.21. The number of thioether (sulfide) groups is 1. The molecule has 1 aromatic rings. The lowest BCUT2D eigenvalue weighted by atomic mass is 10.4. The first kappa shape index (κ1) is 12.5. The maximum atomic E-state index is 10.6. The minimum atomic E-state index is -3.57. The van der Waals surface area contributed by atoms with Crippen molar-refractivity contribution in [1.82, 2.24) is 4.72 Å². The van der Waals surface area contributed by atoms with Crippen molar-refractivity contribution >= 4 is 22.0 Å². The first-order valence-electron chi connectivity index (χ1n) is 4.46. The van der Waals surface area contributed by atoms with Crippen molar-refractivity contribution in [2.45, 2.75) is 17.1 Å².